The van der Waals surface area contributed by atoms with Crippen molar-refractivity contribution in [3.05, 3.63) is 65.7 Å². The monoisotopic (exact) mass is 396 g/mol. The molecule has 0 saturated carbocycles. The van der Waals surface area contributed by atoms with Gasteiger partial charge in [-0.25, -0.2) is 4.98 Å². The Balaban J connectivity index is 1.48. The lowest BCUT2D eigenvalue weighted by Crippen LogP contribution is -2.23. The summed E-state index contributed by atoms with van der Waals surface area (Å²) in [6.45, 7) is 1.79. The molecular formula is C19H16N4O4S. The minimum Gasteiger partial charge on any atom is -0.461 e. The number of aliphatic hydroxyl groups excluding tert-OH is 1. The fourth-order valence-electron chi connectivity index (χ4n) is 2.56. The third-order valence-electron chi connectivity index (χ3n) is 3.97. The maximum absolute atomic E-state index is 12.6. The number of aromatic nitrogens is 3. The number of fused-ring (bicyclic) bond motifs is 1. The number of rotatable bonds is 6. The molecule has 9 heteroatoms. The number of ether oxygens (including phenoxy) is 1. The standard InChI is InChI=1S/C19H16N4O4S/c1-11(24)17-7-5-13(26-17)10-21-18(25)14-3-2-8-20-19(14)27-12-4-6-15-16(9-12)23-28-22-15/h2-9,11,24H,10H2,1H3,(H,21,25). The van der Waals surface area contributed by atoms with Gasteiger partial charge in [0.05, 0.1) is 18.3 Å². The van der Waals surface area contributed by atoms with E-state index in [1.165, 1.54) is 0 Å². The zero-order chi connectivity index (χ0) is 19.5. The quantitative estimate of drug-likeness (QED) is 0.513. The second-order valence-electron chi connectivity index (χ2n) is 6.04. The van der Waals surface area contributed by atoms with Crippen LogP contribution in [0.2, 0.25) is 0 Å². The normalized spacial score (nSPS) is 12.1. The van der Waals surface area contributed by atoms with Crippen molar-refractivity contribution in [2.45, 2.75) is 19.6 Å². The lowest BCUT2D eigenvalue weighted by atomic mass is 10.2. The van der Waals surface area contributed by atoms with Crippen LogP contribution in [0.3, 0.4) is 0 Å². The molecule has 142 valence electrons. The number of aliphatic hydroxyl groups is 1. The topological polar surface area (TPSA) is 110 Å². The highest BCUT2D eigenvalue weighted by Gasteiger charge is 2.16. The van der Waals surface area contributed by atoms with Gasteiger partial charge >= 0.3 is 0 Å². The summed E-state index contributed by atoms with van der Waals surface area (Å²) >= 11 is 1.12. The van der Waals surface area contributed by atoms with Gasteiger partial charge in [-0.05, 0) is 43.3 Å². The lowest BCUT2D eigenvalue weighted by molar-refractivity contribution is 0.0944. The van der Waals surface area contributed by atoms with Crippen LogP contribution in [-0.2, 0) is 6.54 Å². The highest BCUT2D eigenvalue weighted by molar-refractivity contribution is 7.00. The molecule has 1 unspecified atom stereocenters. The number of benzene rings is 1. The second-order valence-corrected chi connectivity index (χ2v) is 6.56. The van der Waals surface area contributed by atoms with Gasteiger partial charge in [-0.3, -0.25) is 4.79 Å². The van der Waals surface area contributed by atoms with Crippen molar-refractivity contribution in [1.29, 1.82) is 0 Å². The maximum atomic E-state index is 12.6. The van der Waals surface area contributed by atoms with Crippen LogP contribution in [0.15, 0.2) is 53.1 Å². The van der Waals surface area contributed by atoms with Crippen LogP contribution < -0.4 is 10.1 Å². The average Bonchev–Trinajstić information content (AvgIpc) is 3.35. The van der Waals surface area contributed by atoms with E-state index in [9.17, 15) is 9.90 Å². The molecule has 4 rings (SSSR count). The summed E-state index contributed by atoms with van der Waals surface area (Å²) in [6.07, 6.45) is 0.851. The molecule has 1 atom stereocenters. The van der Waals surface area contributed by atoms with Gasteiger partial charge in [0.2, 0.25) is 5.88 Å². The highest BCUT2D eigenvalue weighted by atomic mass is 32.1. The first-order valence-corrected chi connectivity index (χ1v) is 9.23. The Morgan fingerprint density at radius 3 is 2.93 bits per heavy atom. The second kappa shape index (κ2) is 7.75. The molecule has 0 radical (unpaired) electrons. The molecule has 0 aliphatic rings. The molecule has 0 aliphatic heterocycles. The fourth-order valence-corrected chi connectivity index (χ4v) is 3.08. The summed E-state index contributed by atoms with van der Waals surface area (Å²) in [6, 6.07) is 12.0. The Bertz CT molecular complexity index is 1120. The molecular weight excluding hydrogens is 380 g/mol. The number of nitrogens with one attached hydrogen (secondary N) is 1. The number of hydrogen-bond donors (Lipinski definition) is 2. The van der Waals surface area contributed by atoms with Crippen LogP contribution in [0.5, 0.6) is 11.6 Å². The van der Waals surface area contributed by atoms with E-state index in [1.807, 2.05) is 0 Å². The third-order valence-corrected chi connectivity index (χ3v) is 4.53. The van der Waals surface area contributed by atoms with E-state index in [1.54, 1.807) is 55.6 Å². The van der Waals surface area contributed by atoms with E-state index in [0.29, 0.717) is 22.8 Å². The molecule has 28 heavy (non-hydrogen) atoms. The van der Waals surface area contributed by atoms with Gasteiger partial charge in [-0.15, -0.1) is 0 Å². The lowest BCUT2D eigenvalue weighted by Gasteiger charge is -2.10. The molecule has 8 nitrogen and oxygen atoms in total. The predicted molar refractivity (Wildman–Crippen MR) is 102 cm³/mol. The molecule has 0 saturated heterocycles. The van der Waals surface area contributed by atoms with Gasteiger partial charge in [0, 0.05) is 12.3 Å². The molecule has 0 aliphatic carbocycles. The number of furan rings is 1. The largest absolute Gasteiger partial charge is 0.461 e. The van der Waals surface area contributed by atoms with E-state index in [4.69, 9.17) is 9.15 Å². The molecule has 2 N–H and O–H groups in total. The highest BCUT2D eigenvalue weighted by Crippen LogP contribution is 2.26. The number of carbonyl (C=O) groups excluding carboxylic acids is 1. The van der Waals surface area contributed by atoms with Crippen molar-refractivity contribution in [2.75, 3.05) is 0 Å². The fraction of sp³-hybridized carbons (Fsp3) is 0.158. The van der Waals surface area contributed by atoms with Gasteiger partial charge in [0.25, 0.3) is 5.91 Å². The van der Waals surface area contributed by atoms with Crippen LogP contribution in [0, 0.1) is 0 Å². The number of nitrogens with zero attached hydrogens (tertiary/aromatic N) is 3. The van der Waals surface area contributed by atoms with Crippen molar-refractivity contribution < 1.29 is 19.1 Å². The maximum Gasteiger partial charge on any atom is 0.257 e. The number of hydrogen-bond acceptors (Lipinski definition) is 8. The van der Waals surface area contributed by atoms with Crippen LogP contribution in [0.25, 0.3) is 11.0 Å². The molecule has 3 heterocycles. The molecule has 4 aromatic rings. The summed E-state index contributed by atoms with van der Waals surface area (Å²) in [5.74, 6) is 1.33. The first-order valence-electron chi connectivity index (χ1n) is 8.50. The minimum atomic E-state index is -0.701. The van der Waals surface area contributed by atoms with Crippen LogP contribution in [-0.4, -0.2) is 24.7 Å². The van der Waals surface area contributed by atoms with E-state index in [0.717, 1.165) is 22.8 Å². The van der Waals surface area contributed by atoms with Crippen molar-refractivity contribution in [3.8, 4) is 11.6 Å². The summed E-state index contributed by atoms with van der Waals surface area (Å²) in [4.78, 5) is 16.8. The Hall–Kier alpha value is -3.30. The van der Waals surface area contributed by atoms with Crippen LogP contribution >= 0.6 is 11.7 Å². The number of carbonyl (C=O) groups is 1. The Labute approximate surface area is 164 Å². The van der Waals surface area contributed by atoms with Crippen LogP contribution in [0.4, 0.5) is 0 Å². The Morgan fingerprint density at radius 2 is 2.11 bits per heavy atom. The molecule has 3 aromatic heterocycles. The van der Waals surface area contributed by atoms with Gasteiger partial charge in [0.1, 0.15) is 40.0 Å². The number of amides is 1. The van der Waals surface area contributed by atoms with Crippen molar-refractivity contribution in [1.82, 2.24) is 19.0 Å². The molecule has 0 fully saturated rings. The van der Waals surface area contributed by atoms with Gasteiger partial charge in [-0.2, -0.15) is 8.75 Å². The van der Waals surface area contributed by atoms with E-state index in [2.05, 4.69) is 19.0 Å². The zero-order valence-electron chi connectivity index (χ0n) is 14.8. The smallest absolute Gasteiger partial charge is 0.257 e. The average molecular weight is 396 g/mol. The van der Waals surface area contributed by atoms with Gasteiger partial charge in [-0.1, -0.05) is 0 Å². The van der Waals surface area contributed by atoms with Gasteiger partial charge < -0.3 is 19.6 Å². The Kier molecular flexibility index (Phi) is 5.00. The molecule has 1 amide bonds. The van der Waals surface area contributed by atoms with Crippen molar-refractivity contribution >= 4 is 28.7 Å². The first-order chi connectivity index (χ1) is 13.6. The summed E-state index contributed by atoms with van der Waals surface area (Å²) in [5, 5.41) is 12.3. The van der Waals surface area contributed by atoms with Crippen LogP contribution in [0.1, 0.15) is 34.9 Å². The van der Waals surface area contributed by atoms with Crippen molar-refractivity contribution in [3.63, 3.8) is 0 Å². The van der Waals surface area contributed by atoms with Crippen molar-refractivity contribution in [2.24, 2.45) is 0 Å². The summed E-state index contributed by atoms with van der Waals surface area (Å²) in [5.41, 5.74) is 1.80. The molecule has 0 bridgehead atoms. The molecule has 0 spiro atoms. The number of pyridine rings is 1. The predicted octanol–water partition coefficient (Wildman–Crippen LogP) is 3.45. The van der Waals surface area contributed by atoms with Gasteiger partial charge in [0.15, 0.2) is 0 Å². The van der Waals surface area contributed by atoms with E-state index >= 15 is 0 Å². The van der Waals surface area contributed by atoms with E-state index < -0.39 is 6.10 Å². The summed E-state index contributed by atoms with van der Waals surface area (Å²) in [7, 11) is 0. The zero-order valence-corrected chi connectivity index (χ0v) is 15.6. The summed E-state index contributed by atoms with van der Waals surface area (Å²) < 4.78 is 19.6. The SMILES string of the molecule is CC(O)c1ccc(CNC(=O)c2cccnc2Oc2ccc3nsnc3c2)o1. The molecule has 1 aromatic carbocycles. The first kappa shape index (κ1) is 18.1. The van der Waals surface area contributed by atoms with E-state index in [-0.39, 0.29) is 18.3 Å². The Morgan fingerprint density at radius 1 is 1.25 bits per heavy atom. The minimum absolute atomic E-state index is 0.177. The third kappa shape index (κ3) is 3.85.